The van der Waals surface area contributed by atoms with Crippen LogP contribution in [0.3, 0.4) is 0 Å². The zero-order chi connectivity index (χ0) is 30.5. The predicted molar refractivity (Wildman–Crippen MR) is 161 cm³/mol. The van der Waals surface area contributed by atoms with Gasteiger partial charge in [-0.15, -0.1) is 0 Å². The number of hydrogen-bond acceptors (Lipinski definition) is 8. The molecule has 2 aromatic carbocycles. The van der Waals surface area contributed by atoms with Crippen LogP contribution in [-0.4, -0.2) is 137 Å². The Balaban J connectivity index is 1.80. The average molecular weight is 604 g/mol. The molecule has 2 aromatic rings. The number of carboxylic acids is 3. The fourth-order valence-electron chi connectivity index (χ4n) is 5.12. The van der Waals surface area contributed by atoms with E-state index in [1.165, 1.54) is 0 Å². The summed E-state index contributed by atoms with van der Waals surface area (Å²) in [6.45, 7) is 5.15. The lowest BCUT2D eigenvalue weighted by Gasteiger charge is -2.34. The topological polar surface area (TPSA) is 154 Å². The lowest BCUT2D eigenvalue weighted by molar-refractivity contribution is -0.140. The molecule has 1 atom stereocenters. The van der Waals surface area contributed by atoms with E-state index in [1.54, 1.807) is 14.7 Å². The Kier molecular flexibility index (Phi) is 13.1. The lowest BCUT2D eigenvalue weighted by atomic mass is 10.3. The van der Waals surface area contributed by atoms with E-state index in [0.717, 1.165) is 0 Å². The van der Waals surface area contributed by atoms with Crippen LogP contribution in [0.15, 0.2) is 60.7 Å². The summed E-state index contributed by atoms with van der Waals surface area (Å²) in [5.74, 6) is -2.92. The second kappa shape index (κ2) is 16.5. The second-order valence-electron chi connectivity index (χ2n) is 10.6. The van der Waals surface area contributed by atoms with E-state index in [0.29, 0.717) is 69.5 Å². The van der Waals surface area contributed by atoms with Crippen molar-refractivity contribution in [1.29, 1.82) is 0 Å². The van der Waals surface area contributed by atoms with Crippen molar-refractivity contribution in [2.24, 2.45) is 0 Å². The van der Waals surface area contributed by atoms with Gasteiger partial charge >= 0.3 is 17.9 Å². The third-order valence-electron chi connectivity index (χ3n) is 7.18. The summed E-state index contributed by atoms with van der Waals surface area (Å²) in [6.07, 6.45) is 0. The van der Waals surface area contributed by atoms with Crippen LogP contribution in [0.25, 0.3) is 0 Å². The first-order valence-corrected chi connectivity index (χ1v) is 15.8. The van der Waals surface area contributed by atoms with Gasteiger partial charge in [0.2, 0.25) is 7.29 Å². The maximum Gasteiger partial charge on any atom is 0.317 e. The molecule has 1 saturated heterocycles. The molecule has 0 amide bonds. The van der Waals surface area contributed by atoms with E-state index in [2.05, 4.69) is 9.99 Å². The third kappa shape index (κ3) is 10.9. The van der Waals surface area contributed by atoms with Crippen LogP contribution < -0.4 is 15.7 Å². The molecule has 0 aromatic heterocycles. The van der Waals surface area contributed by atoms with Crippen LogP contribution in [0.1, 0.15) is 6.92 Å². The quantitative estimate of drug-likeness (QED) is 0.248. The summed E-state index contributed by atoms with van der Waals surface area (Å²) in [7, 11) is -3.18. The van der Waals surface area contributed by atoms with E-state index < -0.39 is 25.2 Å². The molecule has 0 radical (unpaired) electrons. The van der Waals surface area contributed by atoms with Crippen molar-refractivity contribution in [1.82, 2.24) is 24.7 Å². The van der Waals surface area contributed by atoms with Gasteiger partial charge in [-0.25, -0.2) is 0 Å². The third-order valence-corrected chi connectivity index (χ3v) is 10.0. The molecule has 3 rings (SSSR count). The van der Waals surface area contributed by atoms with Gasteiger partial charge in [-0.3, -0.25) is 43.6 Å². The number of benzene rings is 2. The Labute approximate surface area is 246 Å². The molecule has 1 unspecified atom stereocenters. The van der Waals surface area contributed by atoms with Crippen LogP contribution in [0, 0.1) is 0 Å². The molecule has 1 heterocycles. The van der Waals surface area contributed by atoms with Crippen molar-refractivity contribution in [3.8, 4) is 0 Å². The fraction of sp³-hybridized carbons (Fsp3) is 0.483. The van der Waals surface area contributed by atoms with E-state index in [9.17, 15) is 34.3 Å². The normalized spacial score (nSPS) is 18.0. The minimum Gasteiger partial charge on any atom is -0.480 e. The molecule has 230 valence electrons. The molecule has 0 spiro atoms. The molecule has 1 aliphatic rings. The first-order chi connectivity index (χ1) is 20.0. The molecule has 0 saturated carbocycles. The largest absolute Gasteiger partial charge is 0.480 e. The number of nitrogens with one attached hydrogen (secondary N) is 1. The van der Waals surface area contributed by atoms with Crippen LogP contribution >= 0.6 is 7.29 Å². The molecule has 13 heteroatoms. The first-order valence-electron chi connectivity index (χ1n) is 14.1. The van der Waals surface area contributed by atoms with E-state index in [-0.39, 0.29) is 25.7 Å². The Morgan fingerprint density at radius 2 is 0.952 bits per heavy atom. The van der Waals surface area contributed by atoms with Gasteiger partial charge in [-0.1, -0.05) is 36.4 Å². The van der Waals surface area contributed by atoms with Gasteiger partial charge in [0.25, 0.3) is 0 Å². The van der Waals surface area contributed by atoms with Gasteiger partial charge in [0.15, 0.2) is 0 Å². The summed E-state index contributed by atoms with van der Waals surface area (Å²) >= 11 is 0. The van der Waals surface area contributed by atoms with Crippen LogP contribution in [-0.2, 0) is 18.9 Å². The Hall–Kier alpha value is -3.12. The highest BCUT2D eigenvalue weighted by atomic mass is 31.2. The number of aliphatic carboxylic acids is 3. The van der Waals surface area contributed by atoms with Gasteiger partial charge in [0, 0.05) is 75.6 Å². The molecule has 1 fully saturated rings. The van der Waals surface area contributed by atoms with Gasteiger partial charge < -0.3 is 15.3 Å². The molecule has 0 aliphatic carbocycles. The zero-order valence-electron chi connectivity index (χ0n) is 24.0. The van der Waals surface area contributed by atoms with Crippen LogP contribution in [0.2, 0.25) is 0 Å². The van der Waals surface area contributed by atoms with Gasteiger partial charge in [-0.05, 0) is 31.2 Å². The monoisotopic (exact) mass is 603 g/mol. The molecule has 42 heavy (non-hydrogen) atoms. The lowest BCUT2D eigenvalue weighted by Crippen LogP contribution is -2.50. The molecule has 12 nitrogen and oxygen atoms in total. The summed E-state index contributed by atoms with van der Waals surface area (Å²) in [5.41, 5.74) is 0. The summed E-state index contributed by atoms with van der Waals surface area (Å²) in [5, 5.41) is 33.1. The Morgan fingerprint density at radius 1 is 0.643 bits per heavy atom. The van der Waals surface area contributed by atoms with Crippen molar-refractivity contribution >= 4 is 35.8 Å². The predicted octanol–water partition coefficient (Wildman–Crippen LogP) is 0.369. The standard InChI is InChI=1S/C29H42N5O7P/c1-24(30-42(41,25-8-4-2-5-9-25)26-10-6-3-7-11-26)20-31-12-14-32(21-27(35)36)16-18-34(23-29(39)40)19-17-33(15-13-31)22-28(37)38/h2-11,24H,12-23H2,1H3,(H,30,41)(H,35,36)(H,37,38)(H,39,40). The number of hydrogen-bond donors (Lipinski definition) is 4. The smallest absolute Gasteiger partial charge is 0.317 e. The van der Waals surface area contributed by atoms with Crippen LogP contribution in [0.4, 0.5) is 0 Å². The molecular formula is C29H42N5O7P. The van der Waals surface area contributed by atoms with E-state index in [4.69, 9.17) is 0 Å². The molecule has 1 aliphatic heterocycles. The van der Waals surface area contributed by atoms with Gasteiger partial charge in [0.1, 0.15) is 0 Å². The fourth-order valence-corrected chi connectivity index (χ4v) is 7.60. The van der Waals surface area contributed by atoms with Crippen molar-refractivity contribution in [3.05, 3.63) is 60.7 Å². The number of carbonyl (C=O) groups is 3. The molecule has 4 N–H and O–H groups in total. The number of nitrogens with zero attached hydrogens (tertiary/aromatic N) is 4. The average Bonchev–Trinajstić information content (AvgIpc) is 2.94. The number of rotatable bonds is 12. The maximum absolute atomic E-state index is 14.5. The van der Waals surface area contributed by atoms with Gasteiger partial charge in [0.05, 0.1) is 19.6 Å². The SMILES string of the molecule is CC(CN1CCN(CC(=O)O)CCN(CC(=O)O)CCN(CC(=O)O)CC1)NP(=O)(c1ccccc1)c1ccccc1. The first kappa shape index (κ1) is 33.4. The van der Waals surface area contributed by atoms with Crippen molar-refractivity contribution in [3.63, 3.8) is 0 Å². The molecular weight excluding hydrogens is 561 g/mol. The van der Waals surface area contributed by atoms with Crippen molar-refractivity contribution in [2.45, 2.75) is 13.0 Å². The van der Waals surface area contributed by atoms with E-state index in [1.807, 2.05) is 67.6 Å². The van der Waals surface area contributed by atoms with Gasteiger partial charge in [-0.2, -0.15) is 0 Å². The highest BCUT2D eigenvalue weighted by molar-refractivity contribution is 7.76. The van der Waals surface area contributed by atoms with Crippen molar-refractivity contribution < 1.29 is 34.3 Å². The minimum absolute atomic E-state index is 0.176. The minimum atomic E-state index is -3.18. The summed E-state index contributed by atoms with van der Waals surface area (Å²) in [6, 6.07) is 18.4. The maximum atomic E-state index is 14.5. The second-order valence-corrected chi connectivity index (χ2v) is 13.1. The van der Waals surface area contributed by atoms with Crippen molar-refractivity contribution in [2.75, 3.05) is 78.5 Å². The molecule has 0 bridgehead atoms. The zero-order valence-corrected chi connectivity index (χ0v) is 24.9. The summed E-state index contributed by atoms with van der Waals surface area (Å²) < 4.78 is 14.5. The van der Waals surface area contributed by atoms with Crippen LogP contribution in [0.5, 0.6) is 0 Å². The highest BCUT2D eigenvalue weighted by Crippen LogP contribution is 2.39. The summed E-state index contributed by atoms with van der Waals surface area (Å²) in [4.78, 5) is 42.0. The Morgan fingerprint density at radius 3 is 1.26 bits per heavy atom. The highest BCUT2D eigenvalue weighted by Gasteiger charge is 2.29. The Bertz CT molecular complexity index is 1130. The van der Waals surface area contributed by atoms with E-state index >= 15 is 0 Å². The number of carboxylic acid groups (broad SMARTS) is 3.